The van der Waals surface area contributed by atoms with Crippen LogP contribution in [0.5, 0.6) is 5.75 Å². The van der Waals surface area contributed by atoms with E-state index in [-0.39, 0.29) is 24.3 Å². The van der Waals surface area contributed by atoms with Crippen LogP contribution in [0.2, 0.25) is 0 Å². The largest absolute Gasteiger partial charge is 0.432 e. The number of rotatable bonds is 8. The highest BCUT2D eigenvalue weighted by molar-refractivity contribution is 5.83. The molecular weight excluding hydrogens is 502 g/mol. The highest BCUT2D eigenvalue weighted by atomic mass is 19.3. The molecule has 2 saturated carbocycles. The quantitative estimate of drug-likeness (QED) is 0.185. The summed E-state index contributed by atoms with van der Waals surface area (Å²) in [5, 5.41) is 0. The molecule has 4 rings (SSSR count). The minimum Gasteiger partial charge on any atom is -0.432 e. The fourth-order valence-electron chi connectivity index (χ4n) is 5.57. The summed E-state index contributed by atoms with van der Waals surface area (Å²) in [5.41, 5.74) is -1.01. The van der Waals surface area contributed by atoms with Crippen LogP contribution < -0.4 is 4.74 Å². The lowest BCUT2D eigenvalue weighted by molar-refractivity contribution is -0.223. The van der Waals surface area contributed by atoms with E-state index in [0.29, 0.717) is 24.8 Å². The smallest absolute Gasteiger partial charge is 0.400 e. The molecule has 0 unspecified atom stereocenters. The molecule has 38 heavy (non-hydrogen) atoms. The summed E-state index contributed by atoms with van der Waals surface area (Å²) in [6, 6.07) is 6.40. The van der Waals surface area contributed by atoms with E-state index in [1.165, 1.54) is 32.1 Å². The van der Waals surface area contributed by atoms with Gasteiger partial charge in [0, 0.05) is 17.2 Å². The maximum absolute atomic E-state index is 14.9. The Morgan fingerprint density at radius 3 is 1.95 bits per heavy atom. The summed E-state index contributed by atoms with van der Waals surface area (Å²) in [5.74, 6) is -4.56. The minimum absolute atomic E-state index is 0.272. The van der Waals surface area contributed by atoms with Crippen LogP contribution in [0.3, 0.4) is 0 Å². The monoisotopic (exact) mass is 536 g/mol. The van der Waals surface area contributed by atoms with Crippen molar-refractivity contribution < 1.29 is 31.1 Å². The number of ether oxygens (including phenoxy) is 1. The van der Waals surface area contributed by atoms with Gasteiger partial charge in [-0.1, -0.05) is 25.5 Å². The summed E-state index contributed by atoms with van der Waals surface area (Å²) in [7, 11) is 0. The Bertz CT molecular complexity index is 1120. The number of allylic oxidation sites excluding steroid dienone is 2. The first-order valence-corrected chi connectivity index (χ1v) is 13.5. The number of halogens is 6. The average molecular weight is 537 g/mol. The van der Waals surface area contributed by atoms with Gasteiger partial charge in [-0.3, -0.25) is 0 Å². The van der Waals surface area contributed by atoms with E-state index in [0.717, 1.165) is 42.3 Å². The van der Waals surface area contributed by atoms with Gasteiger partial charge in [-0.15, -0.1) is 0 Å². The molecule has 206 valence electrons. The molecule has 0 saturated heterocycles. The van der Waals surface area contributed by atoms with Crippen molar-refractivity contribution >= 4 is 11.7 Å². The van der Waals surface area contributed by atoms with Crippen molar-refractivity contribution in [2.45, 2.75) is 70.8 Å². The molecule has 2 aliphatic carbocycles. The second kappa shape index (κ2) is 12.4. The summed E-state index contributed by atoms with van der Waals surface area (Å²) in [6.45, 7) is 2.24. The Morgan fingerprint density at radius 1 is 0.816 bits per heavy atom. The molecule has 0 heterocycles. The summed E-state index contributed by atoms with van der Waals surface area (Å²) >= 11 is 0. The fourth-order valence-corrected chi connectivity index (χ4v) is 5.57. The van der Waals surface area contributed by atoms with Gasteiger partial charge in [0.05, 0.1) is 5.92 Å². The van der Waals surface area contributed by atoms with E-state index in [4.69, 9.17) is 4.74 Å². The van der Waals surface area contributed by atoms with Crippen LogP contribution in [-0.2, 0) is 0 Å². The highest BCUT2D eigenvalue weighted by Crippen LogP contribution is 2.41. The standard InChI is InChI=1S/C31H34F6O/c1-2-20-3-5-21(6-4-20)7-8-22-9-13-24(14-10-22)31(36,37)38-26-17-18-27(28(33)19-26)30(35)29(34)23-11-15-25(32)16-12-23/h7-8,11-12,15-22,24H,2-6,9-10,13-14H2,1H3/b8-7+,30-29+. The van der Waals surface area contributed by atoms with Crippen molar-refractivity contribution in [1.82, 2.24) is 0 Å². The summed E-state index contributed by atoms with van der Waals surface area (Å²) < 4.78 is 91.2. The van der Waals surface area contributed by atoms with E-state index in [1.807, 2.05) is 0 Å². The van der Waals surface area contributed by atoms with Crippen LogP contribution in [0.1, 0.15) is 75.8 Å². The molecule has 0 aliphatic heterocycles. The molecule has 7 heteroatoms. The molecule has 1 nitrogen and oxygen atoms in total. The lowest BCUT2D eigenvalue weighted by Gasteiger charge is -2.32. The number of alkyl halides is 2. The topological polar surface area (TPSA) is 9.23 Å². The summed E-state index contributed by atoms with van der Waals surface area (Å²) in [4.78, 5) is 0. The van der Waals surface area contributed by atoms with Gasteiger partial charge in [0.15, 0.2) is 11.7 Å². The first-order valence-electron chi connectivity index (χ1n) is 13.5. The average Bonchev–Trinajstić information content (AvgIpc) is 2.92. The van der Waals surface area contributed by atoms with E-state index < -0.39 is 46.6 Å². The van der Waals surface area contributed by atoms with Gasteiger partial charge in [-0.2, -0.15) is 8.78 Å². The Morgan fingerprint density at radius 2 is 1.39 bits per heavy atom. The Balaban J connectivity index is 1.33. The third kappa shape index (κ3) is 7.03. The molecule has 0 radical (unpaired) electrons. The Hall–Kier alpha value is -2.70. The zero-order valence-corrected chi connectivity index (χ0v) is 21.5. The molecular formula is C31H34F6O. The predicted octanol–water partition coefficient (Wildman–Crippen LogP) is 10.3. The molecule has 2 fully saturated rings. The van der Waals surface area contributed by atoms with Crippen LogP contribution >= 0.6 is 0 Å². The summed E-state index contributed by atoms with van der Waals surface area (Å²) in [6.07, 6.45) is 8.95. The fraction of sp³-hybridized carbons (Fsp3) is 0.484. The SMILES string of the molecule is CCC1CCC(/C=C/C2CCC(C(F)(F)Oc3ccc(/C(F)=C(\F)c4ccc(F)cc4)c(F)c3)CC2)CC1. The number of benzene rings is 2. The van der Waals surface area contributed by atoms with E-state index in [2.05, 4.69) is 19.1 Å². The zero-order chi connectivity index (χ0) is 27.3. The Labute approximate surface area is 220 Å². The first-order chi connectivity index (χ1) is 18.2. The molecule has 2 aromatic carbocycles. The number of hydrogen-bond acceptors (Lipinski definition) is 1. The highest BCUT2D eigenvalue weighted by Gasteiger charge is 2.44. The van der Waals surface area contributed by atoms with Crippen molar-refractivity contribution in [3.63, 3.8) is 0 Å². The van der Waals surface area contributed by atoms with E-state index in [9.17, 15) is 26.3 Å². The first kappa shape index (κ1) is 28.3. The molecule has 0 atom stereocenters. The molecule has 2 aromatic rings. The lowest BCUT2D eigenvalue weighted by atomic mass is 9.78. The molecule has 0 amide bonds. The zero-order valence-electron chi connectivity index (χ0n) is 21.5. The third-order valence-electron chi connectivity index (χ3n) is 8.09. The molecule has 0 bridgehead atoms. The van der Waals surface area contributed by atoms with Gasteiger partial charge in [-0.05, 0) is 106 Å². The van der Waals surface area contributed by atoms with Crippen molar-refractivity contribution in [3.8, 4) is 5.75 Å². The van der Waals surface area contributed by atoms with Crippen LogP contribution in [0.4, 0.5) is 26.3 Å². The van der Waals surface area contributed by atoms with Crippen molar-refractivity contribution in [1.29, 1.82) is 0 Å². The normalized spacial score (nSPS) is 25.3. The lowest BCUT2D eigenvalue weighted by Crippen LogP contribution is -2.37. The van der Waals surface area contributed by atoms with Crippen LogP contribution in [0.15, 0.2) is 54.6 Å². The third-order valence-corrected chi connectivity index (χ3v) is 8.09. The predicted molar refractivity (Wildman–Crippen MR) is 138 cm³/mol. The second-order valence-corrected chi connectivity index (χ2v) is 10.6. The van der Waals surface area contributed by atoms with Crippen molar-refractivity contribution in [2.24, 2.45) is 23.7 Å². The van der Waals surface area contributed by atoms with Crippen molar-refractivity contribution in [2.75, 3.05) is 0 Å². The van der Waals surface area contributed by atoms with E-state index >= 15 is 0 Å². The molecule has 0 spiro atoms. The van der Waals surface area contributed by atoms with Crippen molar-refractivity contribution in [3.05, 3.63) is 77.4 Å². The van der Waals surface area contributed by atoms with Crippen LogP contribution in [0.25, 0.3) is 11.7 Å². The van der Waals surface area contributed by atoms with Gasteiger partial charge in [0.25, 0.3) is 0 Å². The van der Waals surface area contributed by atoms with Gasteiger partial charge < -0.3 is 4.74 Å². The second-order valence-electron chi connectivity index (χ2n) is 10.6. The van der Waals surface area contributed by atoms with Crippen LogP contribution in [-0.4, -0.2) is 6.11 Å². The van der Waals surface area contributed by atoms with E-state index in [1.54, 1.807) is 0 Å². The molecule has 0 aromatic heterocycles. The number of hydrogen-bond donors (Lipinski definition) is 0. The van der Waals surface area contributed by atoms with Gasteiger partial charge in [-0.25, -0.2) is 17.6 Å². The maximum atomic E-state index is 14.9. The molecule has 2 aliphatic rings. The van der Waals surface area contributed by atoms with Gasteiger partial charge in [0.2, 0.25) is 0 Å². The van der Waals surface area contributed by atoms with Gasteiger partial charge >= 0.3 is 6.11 Å². The molecule has 0 N–H and O–H groups in total. The Kier molecular flexibility index (Phi) is 9.27. The van der Waals surface area contributed by atoms with Gasteiger partial charge in [0.1, 0.15) is 17.4 Å². The maximum Gasteiger partial charge on any atom is 0.400 e. The minimum atomic E-state index is -3.52. The van der Waals surface area contributed by atoms with Crippen LogP contribution in [0, 0.1) is 35.3 Å².